The molecule has 0 aromatic heterocycles. The zero-order valence-corrected chi connectivity index (χ0v) is 9.83. The molecule has 86 valence electrons. The number of carbonyl (C=O) groups excluding carboxylic acids is 1. The number of amides is 1. The predicted octanol–water partition coefficient (Wildman–Crippen LogP) is 1.24. The summed E-state index contributed by atoms with van der Waals surface area (Å²) in [5, 5.41) is 3.27. The first-order valence-corrected chi connectivity index (χ1v) is 6.19. The van der Waals surface area contributed by atoms with Gasteiger partial charge in [0.15, 0.2) is 0 Å². The molecule has 1 aliphatic carbocycles. The van der Waals surface area contributed by atoms with Crippen LogP contribution in [0.4, 0.5) is 0 Å². The van der Waals surface area contributed by atoms with Crippen molar-refractivity contribution in [1.82, 2.24) is 10.2 Å². The van der Waals surface area contributed by atoms with Crippen LogP contribution in [0.15, 0.2) is 0 Å². The van der Waals surface area contributed by atoms with Crippen LogP contribution >= 0.6 is 0 Å². The van der Waals surface area contributed by atoms with Crippen LogP contribution in [-0.4, -0.2) is 36.5 Å². The Balaban J connectivity index is 1.93. The summed E-state index contributed by atoms with van der Waals surface area (Å²) in [5.41, 5.74) is 0. The molecule has 2 rings (SSSR count). The molecule has 0 bridgehead atoms. The predicted molar refractivity (Wildman–Crippen MR) is 60.5 cm³/mol. The topological polar surface area (TPSA) is 32.3 Å². The van der Waals surface area contributed by atoms with E-state index in [1.165, 1.54) is 12.8 Å². The minimum Gasteiger partial charge on any atom is -0.339 e. The summed E-state index contributed by atoms with van der Waals surface area (Å²) in [6.07, 6.45) is 3.47. The van der Waals surface area contributed by atoms with Gasteiger partial charge in [-0.25, -0.2) is 0 Å². The zero-order chi connectivity index (χ0) is 10.8. The van der Waals surface area contributed by atoms with Crippen LogP contribution in [0.25, 0.3) is 0 Å². The molecule has 3 nitrogen and oxygen atoms in total. The maximum atomic E-state index is 12.2. The number of hydrogen-bond donors (Lipinski definition) is 1. The molecule has 0 radical (unpaired) electrons. The Morgan fingerprint density at radius 3 is 2.60 bits per heavy atom. The van der Waals surface area contributed by atoms with Crippen molar-refractivity contribution >= 4 is 5.91 Å². The van der Waals surface area contributed by atoms with Crippen molar-refractivity contribution in [3.63, 3.8) is 0 Å². The van der Waals surface area contributed by atoms with Crippen molar-refractivity contribution in [3.05, 3.63) is 0 Å². The highest BCUT2D eigenvalue weighted by atomic mass is 16.2. The number of nitrogens with zero attached hydrogens (tertiary/aromatic N) is 1. The van der Waals surface area contributed by atoms with Gasteiger partial charge in [0.2, 0.25) is 5.91 Å². The number of carbonyl (C=O) groups is 1. The molecular formula is C12H22N2O. The fourth-order valence-electron chi connectivity index (χ4n) is 2.30. The molecule has 1 unspecified atom stereocenters. The molecule has 1 amide bonds. The maximum Gasteiger partial charge on any atom is 0.227 e. The van der Waals surface area contributed by atoms with Crippen molar-refractivity contribution in [3.8, 4) is 0 Å². The summed E-state index contributed by atoms with van der Waals surface area (Å²) in [6.45, 7) is 7.22. The third-order valence-electron chi connectivity index (χ3n) is 3.24. The highest BCUT2D eigenvalue weighted by Crippen LogP contribution is 2.29. The lowest BCUT2D eigenvalue weighted by Gasteiger charge is -2.27. The lowest BCUT2D eigenvalue weighted by molar-refractivity contribution is -0.136. The third kappa shape index (κ3) is 2.71. The Labute approximate surface area is 92.2 Å². The van der Waals surface area contributed by atoms with Gasteiger partial charge >= 0.3 is 0 Å². The van der Waals surface area contributed by atoms with E-state index in [4.69, 9.17) is 0 Å². The van der Waals surface area contributed by atoms with E-state index in [0.29, 0.717) is 17.9 Å². The summed E-state index contributed by atoms with van der Waals surface area (Å²) in [6, 6.07) is 0.570. The molecule has 1 saturated heterocycles. The first-order chi connectivity index (χ1) is 7.18. The average Bonchev–Trinajstić information content (AvgIpc) is 2.88. The lowest BCUT2D eigenvalue weighted by Crippen LogP contribution is -2.40. The van der Waals surface area contributed by atoms with E-state index in [1.54, 1.807) is 0 Å². The first-order valence-electron chi connectivity index (χ1n) is 6.19. The molecule has 1 aliphatic heterocycles. The first kappa shape index (κ1) is 10.9. The quantitative estimate of drug-likeness (QED) is 0.757. The highest BCUT2D eigenvalue weighted by Gasteiger charge is 2.36. The second-order valence-electron chi connectivity index (χ2n) is 5.31. The van der Waals surface area contributed by atoms with E-state index >= 15 is 0 Å². The normalized spacial score (nSPS) is 25.9. The maximum absolute atomic E-state index is 12.2. The largest absolute Gasteiger partial charge is 0.339 e. The fraction of sp³-hybridized carbons (Fsp3) is 0.917. The van der Waals surface area contributed by atoms with Gasteiger partial charge in [-0.05, 0) is 31.7 Å². The smallest absolute Gasteiger partial charge is 0.227 e. The van der Waals surface area contributed by atoms with Crippen LogP contribution in [0, 0.1) is 11.8 Å². The summed E-state index contributed by atoms with van der Waals surface area (Å²) >= 11 is 0. The van der Waals surface area contributed by atoms with E-state index in [2.05, 4.69) is 24.1 Å². The standard InChI is InChI=1S/C12H22N2O/c1-9(2)8-14(11-3-4-11)12(15)10-5-6-13-7-10/h9-11,13H,3-8H2,1-2H3. The molecule has 1 saturated carbocycles. The van der Waals surface area contributed by atoms with Gasteiger partial charge in [-0.2, -0.15) is 0 Å². The minimum absolute atomic E-state index is 0.254. The van der Waals surface area contributed by atoms with E-state index in [0.717, 1.165) is 26.1 Å². The SMILES string of the molecule is CC(C)CN(C(=O)C1CCNC1)C1CC1. The van der Waals surface area contributed by atoms with E-state index in [9.17, 15) is 4.79 Å². The molecule has 0 aromatic rings. The second kappa shape index (κ2) is 4.52. The van der Waals surface area contributed by atoms with Crippen molar-refractivity contribution in [2.24, 2.45) is 11.8 Å². The van der Waals surface area contributed by atoms with Crippen molar-refractivity contribution in [2.75, 3.05) is 19.6 Å². The summed E-state index contributed by atoms with van der Waals surface area (Å²) < 4.78 is 0. The lowest BCUT2D eigenvalue weighted by atomic mass is 10.1. The van der Waals surface area contributed by atoms with Crippen LogP contribution in [-0.2, 0) is 4.79 Å². The van der Waals surface area contributed by atoms with Crippen LogP contribution < -0.4 is 5.32 Å². The van der Waals surface area contributed by atoms with Gasteiger partial charge in [0.25, 0.3) is 0 Å². The molecule has 1 heterocycles. The Morgan fingerprint density at radius 2 is 2.13 bits per heavy atom. The molecule has 2 fully saturated rings. The minimum atomic E-state index is 0.254. The zero-order valence-electron chi connectivity index (χ0n) is 9.83. The molecule has 2 aliphatic rings. The molecule has 0 spiro atoms. The van der Waals surface area contributed by atoms with Crippen LogP contribution in [0.2, 0.25) is 0 Å². The van der Waals surface area contributed by atoms with Gasteiger partial charge in [-0.15, -0.1) is 0 Å². The molecule has 3 heteroatoms. The third-order valence-corrected chi connectivity index (χ3v) is 3.24. The molecule has 1 atom stereocenters. The number of rotatable bonds is 4. The van der Waals surface area contributed by atoms with Gasteiger partial charge in [0.05, 0.1) is 5.92 Å². The Morgan fingerprint density at radius 1 is 1.40 bits per heavy atom. The Kier molecular flexibility index (Phi) is 3.29. The van der Waals surface area contributed by atoms with Crippen LogP contribution in [0.3, 0.4) is 0 Å². The highest BCUT2D eigenvalue weighted by molar-refractivity contribution is 5.80. The Bertz CT molecular complexity index is 230. The summed E-state index contributed by atoms with van der Waals surface area (Å²) in [5.74, 6) is 1.24. The van der Waals surface area contributed by atoms with Gasteiger partial charge < -0.3 is 10.2 Å². The summed E-state index contributed by atoms with van der Waals surface area (Å²) in [4.78, 5) is 14.4. The average molecular weight is 210 g/mol. The summed E-state index contributed by atoms with van der Waals surface area (Å²) in [7, 11) is 0. The molecule has 1 N–H and O–H groups in total. The van der Waals surface area contributed by atoms with Gasteiger partial charge in [0, 0.05) is 19.1 Å². The monoisotopic (exact) mass is 210 g/mol. The molecular weight excluding hydrogens is 188 g/mol. The van der Waals surface area contributed by atoms with Gasteiger partial charge in [0.1, 0.15) is 0 Å². The Hall–Kier alpha value is -0.570. The second-order valence-corrected chi connectivity index (χ2v) is 5.31. The van der Waals surface area contributed by atoms with Crippen molar-refractivity contribution in [2.45, 2.75) is 39.2 Å². The van der Waals surface area contributed by atoms with E-state index in [-0.39, 0.29) is 5.92 Å². The van der Waals surface area contributed by atoms with E-state index < -0.39 is 0 Å². The molecule has 0 aromatic carbocycles. The fourth-order valence-corrected chi connectivity index (χ4v) is 2.30. The van der Waals surface area contributed by atoms with Crippen LogP contribution in [0.5, 0.6) is 0 Å². The van der Waals surface area contributed by atoms with Crippen LogP contribution in [0.1, 0.15) is 33.1 Å². The van der Waals surface area contributed by atoms with Crippen molar-refractivity contribution in [1.29, 1.82) is 0 Å². The van der Waals surface area contributed by atoms with Gasteiger partial charge in [-0.3, -0.25) is 4.79 Å². The van der Waals surface area contributed by atoms with Gasteiger partial charge in [-0.1, -0.05) is 13.8 Å². The molecule has 15 heavy (non-hydrogen) atoms. The number of nitrogens with one attached hydrogen (secondary N) is 1. The van der Waals surface area contributed by atoms with Crippen molar-refractivity contribution < 1.29 is 4.79 Å². The number of hydrogen-bond acceptors (Lipinski definition) is 2. The van der Waals surface area contributed by atoms with E-state index in [1.807, 2.05) is 0 Å².